The highest BCUT2D eigenvalue weighted by molar-refractivity contribution is 5.89. The van der Waals surface area contributed by atoms with Gasteiger partial charge in [0.05, 0.1) is 6.26 Å². The van der Waals surface area contributed by atoms with Crippen molar-refractivity contribution in [3.8, 4) is 0 Å². The van der Waals surface area contributed by atoms with Crippen molar-refractivity contribution in [2.24, 2.45) is 0 Å². The van der Waals surface area contributed by atoms with E-state index in [1.807, 2.05) is 25.2 Å². The Morgan fingerprint density at radius 1 is 1.21 bits per heavy atom. The Morgan fingerprint density at radius 2 is 2.00 bits per heavy atom. The second kappa shape index (κ2) is 12.6. The number of esters is 1. The normalized spacial score (nSPS) is 12.6. The molecule has 0 aromatic carbocycles. The van der Waals surface area contributed by atoms with Crippen LogP contribution in [0.3, 0.4) is 0 Å². The van der Waals surface area contributed by atoms with Crippen molar-refractivity contribution < 1.29 is 9.53 Å². The van der Waals surface area contributed by atoms with Gasteiger partial charge in [0.1, 0.15) is 0 Å². The second-order valence-corrected chi connectivity index (χ2v) is 3.99. The lowest BCUT2D eigenvalue weighted by atomic mass is 10.2. The van der Waals surface area contributed by atoms with Gasteiger partial charge in [-0.25, -0.2) is 4.79 Å². The van der Waals surface area contributed by atoms with Gasteiger partial charge in [0, 0.05) is 5.57 Å². The van der Waals surface area contributed by atoms with Crippen LogP contribution < -0.4 is 0 Å². The summed E-state index contributed by atoms with van der Waals surface area (Å²) in [7, 11) is 0. The highest BCUT2D eigenvalue weighted by Gasteiger charge is 2.06. The summed E-state index contributed by atoms with van der Waals surface area (Å²) in [5.41, 5.74) is 0.637. The molecule has 0 radical (unpaired) electrons. The molecule has 0 amide bonds. The van der Waals surface area contributed by atoms with Crippen LogP contribution in [0.1, 0.15) is 39.5 Å². The Balaban J connectivity index is 4.07. The zero-order valence-corrected chi connectivity index (χ0v) is 12.0. The summed E-state index contributed by atoms with van der Waals surface area (Å²) in [5, 5.41) is 0. The zero-order valence-electron chi connectivity index (χ0n) is 12.0. The van der Waals surface area contributed by atoms with E-state index in [-0.39, 0.29) is 5.97 Å². The predicted octanol–water partition coefficient (Wildman–Crippen LogP) is 4.87. The van der Waals surface area contributed by atoms with Gasteiger partial charge in [0.2, 0.25) is 0 Å². The average Bonchev–Trinajstić information content (AvgIpc) is 2.42. The number of carbonyl (C=O) groups is 1. The predicted molar refractivity (Wildman–Crippen MR) is 81.6 cm³/mol. The number of carbonyl (C=O) groups excluding carboxylic acids is 1. The van der Waals surface area contributed by atoms with Gasteiger partial charge >= 0.3 is 5.97 Å². The number of allylic oxidation sites excluding steroid dienone is 7. The Bertz CT molecular complexity index is 371. The molecule has 0 fully saturated rings. The third-order valence-corrected chi connectivity index (χ3v) is 2.45. The Labute approximate surface area is 116 Å². The maximum absolute atomic E-state index is 11.7. The lowest BCUT2D eigenvalue weighted by Gasteiger charge is -2.00. The van der Waals surface area contributed by atoms with Gasteiger partial charge in [-0.1, -0.05) is 62.8 Å². The fourth-order valence-electron chi connectivity index (χ4n) is 1.33. The van der Waals surface area contributed by atoms with Gasteiger partial charge in [-0.15, -0.1) is 0 Å². The Morgan fingerprint density at radius 3 is 2.63 bits per heavy atom. The molecule has 0 saturated heterocycles. The van der Waals surface area contributed by atoms with Gasteiger partial charge in [-0.3, -0.25) is 0 Å². The standard InChI is InChI=1S/C17H24O2/c1-4-7-9-10-11-13-15-19-17(18)16(6-3)14-12-8-5-2/h5-6,8,10-13,15H,2,4,7,9,14H2,1,3H3. The van der Waals surface area contributed by atoms with E-state index in [1.54, 1.807) is 18.2 Å². The molecular weight excluding hydrogens is 236 g/mol. The smallest absolute Gasteiger partial charge is 0.338 e. The SMILES string of the molecule is C=CC=CCC(=CC)C(=O)OC=CC=CCCCC. The van der Waals surface area contributed by atoms with Crippen LogP contribution in [-0.4, -0.2) is 5.97 Å². The van der Waals surface area contributed by atoms with Crippen molar-refractivity contribution in [3.63, 3.8) is 0 Å². The van der Waals surface area contributed by atoms with Gasteiger partial charge in [0.25, 0.3) is 0 Å². The summed E-state index contributed by atoms with van der Waals surface area (Å²) in [4.78, 5) is 11.7. The summed E-state index contributed by atoms with van der Waals surface area (Å²) in [6.07, 6.45) is 18.2. The highest BCUT2D eigenvalue weighted by Crippen LogP contribution is 2.05. The Kier molecular flexibility index (Phi) is 11.4. The molecule has 0 unspecified atom stereocenters. The molecule has 0 bridgehead atoms. The first-order valence-corrected chi connectivity index (χ1v) is 6.71. The second-order valence-electron chi connectivity index (χ2n) is 3.99. The largest absolute Gasteiger partial charge is 0.431 e. The Hall–Kier alpha value is -1.83. The third kappa shape index (κ3) is 9.83. The van der Waals surface area contributed by atoms with Crippen LogP contribution in [0.15, 0.2) is 60.9 Å². The van der Waals surface area contributed by atoms with Crippen LogP contribution in [-0.2, 0) is 9.53 Å². The first-order valence-electron chi connectivity index (χ1n) is 6.71. The van der Waals surface area contributed by atoms with E-state index in [0.717, 1.165) is 6.42 Å². The van der Waals surface area contributed by atoms with Crippen molar-refractivity contribution >= 4 is 5.97 Å². The number of hydrogen-bond acceptors (Lipinski definition) is 2. The minimum Gasteiger partial charge on any atom is -0.431 e. The maximum atomic E-state index is 11.7. The van der Waals surface area contributed by atoms with Gasteiger partial charge < -0.3 is 4.74 Å². The molecule has 2 heteroatoms. The lowest BCUT2D eigenvalue weighted by molar-refractivity contribution is -0.133. The van der Waals surface area contributed by atoms with Gasteiger partial charge in [0.15, 0.2) is 0 Å². The fourth-order valence-corrected chi connectivity index (χ4v) is 1.33. The van der Waals surface area contributed by atoms with Crippen molar-refractivity contribution in [2.45, 2.75) is 39.5 Å². The summed E-state index contributed by atoms with van der Waals surface area (Å²) < 4.78 is 5.03. The van der Waals surface area contributed by atoms with Gasteiger partial charge in [-0.2, -0.15) is 0 Å². The third-order valence-electron chi connectivity index (χ3n) is 2.45. The zero-order chi connectivity index (χ0) is 14.3. The quantitative estimate of drug-likeness (QED) is 0.194. The number of unbranched alkanes of at least 4 members (excludes halogenated alkanes) is 2. The molecule has 2 nitrogen and oxygen atoms in total. The van der Waals surface area contributed by atoms with E-state index in [9.17, 15) is 4.79 Å². The van der Waals surface area contributed by atoms with E-state index in [0.29, 0.717) is 12.0 Å². The molecule has 0 N–H and O–H groups in total. The van der Waals surface area contributed by atoms with Crippen molar-refractivity contribution in [2.75, 3.05) is 0 Å². The maximum Gasteiger partial charge on any atom is 0.338 e. The van der Waals surface area contributed by atoms with Crippen LogP contribution in [0.4, 0.5) is 0 Å². The molecule has 0 aliphatic carbocycles. The van der Waals surface area contributed by atoms with Crippen LogP contribution in [0.5, 0.6) is 0 Å². The van der Waals surface area contributed by atoms with E-state index >= 15 is 0 Å². The summed E-state index contributed by atoms with van der Waals surface area (Å²) in [5.74, 6) is -0.311. The average molecular weight is 260 g/mol. The highest BCUT2D eigenvalue weighted by atomic mass is 16.5. The topological polar surface area (TPSA) is 26.3 Å². The molecule has 0 aromatic rings. The van der Waals surface area contributed by atoms with Crippen LogP contribution in [0.2, 0.25) is 0 Å². The van der Waals surface area contributed by atoms with Gasteiger partial charge in [-0.05, 0) is 25.8 Å². The van der Waals surface area contributed by atoms with Crippen molar-refractivity contribution in [3.05, 3.63) is 60.9 Å². The monoisotopic (exact) mass is 260 g/mol. The minimum absolute atomic E-state index is 0.311. The van der Waals surface area contributed by atoms with Crippen molar-refractivity contribution in [1.29, 1.82) is 0 Å². The number of rotatable bonds is 9. The molecule has 104 valence electrons. The molecular formula is C17H24O2. The summed E-state index contributed by atoms with van der Waals surface area (Å²) in [6.45, 7) is 7.56. The first kappa shape index (κ1) is 17.2. The summed E-state index contributed by atoms with van der Waals surface area (Å²) in [6, 6.07) is 0. The van der Waals surface area contributed by atoms with E-state index < -0.39 is 0 Å². The van der Waals surface area contributed by atoms with E-state index in [2.05, 4.69) is 19.6 Å². The molecule has 0 aliphatic rings. The number of ether oxygens (including phenoxy) is 1. The van der Waals surface area contributed by atoms with E-state index in [4.69, 9.17) is 4.74 Å². The van der Waals surface area contributed by atoms with Crippen LogP contribution in [0, 0.1) is 0 Å². The molecule has 0 heterocycles. The summed E-state index contributed by atoms with van der Waals surface area (Å²) >= 11 is 0. The van der Waals surface area contributed by atoms with Crippen LogP contribution >= 0.6 is 0 Å². The number of hydrogen-bond donors (Lipinski definition) is 0. The minimum atomic E-state index is -0.311. The fraction of sp³-hybridized carbons (Fsp3) is 0.353. The molecule has 0 atom stereocenters. The molecule has 0 saturated carbocycles. The van der Waals surface area contributed by atoms with Crippen LogP contribution in [0.25, 0.3) is 0 Å². The molecule has 0 rings (SSSR count). The first-order chi connectivity index (χ1) is 9.26. The van der Waals surface area contributed by atoms with Crippen molar-refractivity contribution in [1.82, 2.24) is 0 Å². The molecule has 0 aliphatic heterocycles. The lowest BCUT2D eigenvalue weighted by Crippen LogP contribution is -2.03. The molecule has 0 spiro atoms. The molecule has 19 heavy (non-hydrogen) atoms. The molecule has 0 aromatic heterocycles. The van der Waals surface area contributed by atoms with E-state index in [1.165, 1.54) is 19.1 Å².